The highest BCUT2D eigenvalue weighted by atomic mass is 35.5. The van der Waals surface area contributed by atoms with Gasteiger partial charge in [-0.1, -0.05) is 11.6 Å². The lowest BCUT2D eigenvalue weighted by atomic mass is 10.3. The van der Waals surface area contributed by atoms with E-state index in [9.17, 15) is 18.5 Å². The van der Waals surface area contributed by atoms with Crippen molar-refractivity contribution in [1.82, 2.24) is 4.72 Å². The molecule has 0 unspecified atom stereocenters. The van der Waals surface area contributed by atoms with E-state index >= 15 is 0 Å². The van der Waals surface area contributed by atoms with Gasteiger partial charge >= 0.3 is 0 Å². The average Bonchev–Trinajstić information content (AvgIpc) is 2.27. The monoisotopic (exact) mass is 329 g/mol. The van der Waals surface area contributed by atoms with Crippen molar-refractivity contribution >= 4 is 39.7 Å². The molecule has 0 radical (unpaired) electrons. The molecule has 0 bridgehead atoms. The summed E-state index contributed by atoms with van der Waals surface area (Å²) in [5.41, 5.74) is 5.04. The van der Waals surface area contributed by atoms with Gasteiger partial charge < -0.3 is 5.73 Å². The SMILES string of the molecule is C[C@@H](CN)NS(=O)(=O)c1ccc([N+](=O)[O-])cc1Cl.Cl. The molecule has 0 aromatic heterocycles. The predicted octanol–water partition coefficient (Wildman–Crippen LogP) is 1.30. The van der Waals surface area contributed by atoms with E-state index in [2.05, 4.69) is 4.72 Å². The van der Waals surface area contributed by atoms with E-state index in [4.69, 9.17) is 17.3 Å². The molecule has 0 aliphatic rings. The van der Waals surface area contributed by atoms with Gasteiger partial charge in [-0.25, -0.2) is 13.1 Å². The van der Waals surface area contributed by atoms with Crippen LogP contribution in [0.2, 0.25) is 5.02 Å². The van der Waals surface area contributed by atoms with Crippen LogP contribution < -0.4 is 10.5 Å². The van der Waals surface area contributed by atoms with Crippen LogP contribution in [-0.2, 0) is 10.0 Å². The lowest BCUT2D eigenvalue weighted by Crippen LogP contribution is -2.37. The van der Waals surface area contributed by atoms with Gasteiger partial charge in [0.15, 0.2) is 0 Å². The molecule has 10 heteroatoms. The van der Waals surface area contributed by atoms with Crippen molar-refractivity contribution in [2.75, 3.05) is 6.54 Å². The molecule has 1 atom stereocenters. The Bertz CT molecular complexity index is 565. The van der Waals surface area contributed by atoms with E-state index in [-0.39, 0.29) is 34.6 Å². The second-order valence-corrected chi connectivity index (χ2v) is 5.72. The van der Waals surface area contributed by atoms with Gasteiger partial charge in [-0.2, -0.15) is 0 Å². The summed E-state index contributed by atoms with van der Waals surface area (Å²) in [6, 6.07) is 2.70. The molecular formula is C9H13Cl2N3O4S. The molecule has 3 N–H and O–H groups in total. The minimum absolute atomic E-state index is 0. The Morgan fingerprint density at radius 3 is 2.53 bits per heavy atom. The van der Waals surface area contributed by atoms with E-state index in [0.717, 1.165) is 18.2 Å². The van der Waals surface area contributed by atoms with Crippen LogP contribution in [0.3, 0.4) is 0 Å². The molecule has 1 aromatic rings. The Kier molecular flexibility index (Phi) is 6.67. The molecule has 0 heterocycles. The van der Waals surface area contributed by atoms with Crippen LogP contribution in [0.25, 0.3) is 0 Å². The van der Waals surface area contributed by atoms with Crippen LogP contribution in [0, 0.1) is 10.1 Å². The standard InChI is InChI=1S/C9H12ClN3O4S.ClH/c1-6(5-11)12-18(16,17)9-3-2-7(13(14)15)4-8(9)10;/h2-4,6,12H,5,11H2,1H3;1H/t6-;/m0./s1. The summed E-state index contributed by atoms with van der Waals surface area (Å²) in [6.45, 7) is 1.72. The summed E-state index contributed by atoms with van der Waals surface area (Å²) in [6.07, 6.45) is 0. The molecule has 0 spiro atoms. The number of hydrogen-bond acceptors (Lipinski definition) is 5. The van der Waals surface area contributed by atoms with E-state index < -0.39 is 21.0 Å². The van der Waals surface area contributed by atoms with Gasteiger partial charge in [0, 0.05) is 24.7 Å². The first kappa shape index (κ1) is 18.1. The number of nitro benzene ring substituents is 1. The quantitative estimate of drug-likeness (QED) is 0.623. The molecule has 108 valence electrons. The van der Waals surface area contributed by atoms with Gasteiger partial charge in [0.25, 0.3) is 5.69 Å². The van der Waals surface area contributed by atoms with Gasteiger partial charge in [0.1, 0.15) is 4.90 Å². The van der Waals surface area contributed by atoms with Crippen molar-refractivity contribution in [3.63, 3.8) is 0 Å². The van der Waals surface area contributed by atoms with Gasteiger partial charge in [-0.3, -0.25) is 10.1 Å². The van der Waals surface area contributed by atoms with Gasteiger partial charge in [0.2, 0.25) is 10.0 Å². The van der Waals surface area contributed by atoms with Gasteiger partial charge in [-0.15, -0.1) is 12.4 Å². The summed E-state index contributed by atoms with van der Waals surface area (Å²) in [4.78, 5) is 9.64. The molecule has 19 heavy (non-hydrogen) atoms. The average molecular weight is 330 g/mol. The number of nitrogens with zero attached hydrogens (tertiary/aromatic N) is 1. The molecule has 7 nitrogen and oxygen atoms in total. The molecule has 0 aliphatic carbocycles. The largest absolute Gasteiger partial charge is 0.329 e. The van der Waals surface area contributed by atoms with E-state index in [1.807, 2.05) is 0 Å². The van der Waals surface area contributed by atoms with E-state index in [1.54, 1.807) is 6.92 Å². The lowest BCUT2D eigenvalue weighted by molar-refractivity contribution is -0.384. The number of nitro groups is 1. The zero-order valence-corrected chi connectivity index (χ0v) is 12.3. The van der Waals surface area contributed by atoms with Crippen molar-refractivity contribution < 1.29 is 13.3 Å². The fourth-order valence-corrected chi connectivity index (χ4v) is 2.99. The third kappa shape index (κ3) is 4.59. The van der Waals surface area contributed by atoms with Crippen molar-refractivity contribution in [3.8, 4) is 0 Å². The Morgan fingerprint density at radius 2 is 2.11 bits per heavy atom. The van der Waals surface area contributed by atoms with Crippen molar-refractivity contribution in [2.24, 2.45) is 5.73 Å². The third-order valence-corrected chi connectivity index (χ3v) is 4.20. The maximum absolute atomic E-state index is 11.9. The summed E-state index contributed by atoms with van der Waals surface area (Å²) < 4.78 is 26.1. The second kappa shape index (κ2) is 7.01. The van der Waals surface area contributed by atoms with Crippen molar-refractivity contribution in [1.29, 1.82) is 0 Å². The summed E-state index contributed by atoms with van der Waals surface area (Å²) in [5.74, 6) is 0. The lowest BCUT2D eigenvalue weighted by Gasteiger charge is -2.12. The number of nitrogens with two attached hydrogens (primary N) is 1. The molecule has 0 fully saturated rings. The first-order valence-electron chi connectivity index (χ1n) is 4.94. The topological polar surface area (TPSA) is 115 Å². The predicted molar refractivity (Wildman–Crippen MR) is 74.2 cm³/mol. The fraction of sp³-hybridized carbons (Fsp3) is 0.333. The first-order chi connectivity index (χ1) is 8.27. The molecule has 0 saturated carbocycles. The molecule has 0 amide bonds. The maximum Gasteiger partial charge on any atom is 0.271 e. The number of nitrogens with one attached hydrogen (secondary N) is 1. The number of sulfonamides is 1. The smallest absolute Gasteiger partial charge is 0.271 e. The minimum Gasteiger partial charge on any atom is -0.329 e. The third-order valence-electron chi connectivity index (χ3n) is 2.13. The number of benzene rings is 1. The zero-order valence-electron chi connectivity index (χ0n) is 9.87. The number of rotatable bonds is 5. The fourth-order valence-electron chi connectivity index (χ4n) is 1.20. The first-order valence-corrected chi connectivity index (χ1v) is 6.80. The summed E-state index contributed by atoms with van der Waals surface area (Å²) in [5, 5.41) is 10.3. The summed E-state index contributed by atoms with van der Waals surface area (Å²) >= 11 is 5.73. The normalized spacial score (nSPS) is 12.6. The molecule has 1 aromatic carbocycles. The van der Waals surface area contributed by atoms with Crippen LogP contribution >= 0.6 is 24.0 Å². The van der Waals surface area contributed by atoms with Crippen molar-refractivity contribution in [3.05, 3.63) is 33.3 Å². The highest BCUT2D eigenvalue weighted by Crippen LogP contribution is 2.26. The minimum atomic E-state index is -3.83. The van der Waals surface area contributed by atoms with Crippen molar-refractivity contribution in [2.45, 2.75) is 17.9 Å². The van der Waals surface area contributed by atoms with Crippen LogP contribution in [-0.4, -0.2) is 25.9 Å². The molecule has 0 saturated heterocycles. The van der Waals surface area contributed by atoms with E-state index in [1.165, 1.54) is 0 Å². The molecular weight excluding hydrogens is 317 g/mol. The number of non-ortho nitro benzene ring substituents is 1. The summed E-state index contributed by atoms with van der Waals surface area (Å²) in [7, 11) is -3.83. The zero-order chi connectivity index (χ0) is 13.9. The van der Waals surface area contributed by atoms with Crippen LogP contribution in [0.15, 0.2) is 23.1 Å². The van der Waals surface area contributed by atoms with Gasteiger partial charge in [0.05, 0.1) is 9.95 Å². The highest BCUT2D eigenvalue weighted by Gasteiger charge is 2.21. The second-order valence-electron chi connectivity index (χ2n) is 3.63. The highest BCUT2D eigenvalue weighted by molar-refractivity contribution is 7.89. The van der Waals surface area contributed by atoms with E-state index in [0.29, 0.717) is 0 Å². The Hall–Kier alpha value is -0.930. The Morgan fingerprint density at radius 1 is 1.53 bits per heavy atom. The van der Waals surface area contributed by atoms with Crippen LogP contribution in [0.1, 0.15) is 6.92 Å². The maximum atomic E-state index is 11.9. The molecule has 0 aliphatic heterocycles. The number of halogens is 2. The molecule has 1 rings (SSSR count). The van der Waals surface area contributed by atoms with Gasteiger partial charge in [-0.05, 0) is 13.0 Å². The Balaban J connectivity index is 0.00000324. The van der Waals surface area contributed by atoms with Crippen LogP contribution in [0.4, 0.5) is 5.69 Å². The Labute approximate surface area is 121 Å². The number of hydrogen-bond donors (Lipinski definition) is 2. The van der Waals surface area contributed by atoms with Crippen LogP contribution in [0.5, 0.6) is 0 Å².